The van der Waals surface area contributed by atoms with E-state index in [4.69, 9.17) is 23.2 Å². The minimum Gasteiger partial charge on any atom is -0.288 e. The van der Waals surface area contributed by atoms with Crippen LogP contribution >= 0.6 is 46.7 Å². The number of Topliss-reactive ketones (excluding diaryl/α,β-unsaturated/α-hetero) is 2. The number of amides is 4. The van der Waals surface area contributed by atoms with Gasteiger partial charge in [-0.05, 0) is 106 Å². The molecule has 4 amide bonds. The summed E-state index contributed by atoms with van der Waals surface area (Å²) < 4.78 is 0. The van der Waals surface area contributed by atoms with Gasteiger partial charge in [0.2, 0.25) is 11.6 Å². The Morgan fingerprint density at radius 2 is 0.661 bits per heavy atom. The van der Waals surface area contributed by atoms with Crippen LogP contribution in [0.25, 0.3) is 43.1 Å². The van der Waals surface area contributed by atoms with Crippen LogP contribution in [0.5, 0.6) is 0 Å². The van der Waals surface area contributed by atoms with Crippen molar-refractivity contribution in [3.63, 3.8) is 0 Å². The Kier molecular flexibility index (Phi) is 13.7. The van der Waals surface area contributed by atoms with Crippen LogP contribution in [-0.2, 0) is 0 Å². The van der Waals surface area contributed by atoms with E-state index < -0.39 is 23.6 Å². The van der Waals surface area contributed by atoms with E-state index >= 15 is 0 Å². The van der Waals surface area contributed by atoms with Crippen molar-refractivity contribution >= 4 is 125 Å². The quantitative estimate of drug-likeness (QED) is 0.0667. The minimum absolute atomic E-state index is 0.131. The molecule has 0 saturated heterocycles. The summed E-state index contributed by atoms with van der Waals surface area (Å²) >= 11 is 14.9. The lowest BCUT2D eigenvalue weighted by Crippen LogP contribution is -2.35. The zero-order valence-electron chi connectivity index (χ0n) is 36.0. The van der Waals surface area contributed by atoms with Crippen LogP contribution in [-0.4, -0.2) is 35.2 Å². The van der Waals surface area contributed by atoms with Crippen molar-refractivity contribution in [2.24, 2.45) is 0 Å². The molecule has 0 aromatic heterocycles. The highest BCUT2D eigenvalue weighted by Gasteiger charge is 2.38. The summed E-state index contributed by atoms with van der Waals surface area (Å²) in [7, 11) is 0. The maximum Gasteiger partial charge on any atom is 0.258 e. The number of rotatable bonds is 0. The Balaban J connectivity index is 0.000000182. The van der Waals surface area contributed by atoms with Crippen molar-refractivity contribution in [3.8, 4) is 0 Å². The summed E-state index contributed by atoms with van der Waals surface area (Å²) in [4.78, 5) is 78.1. The summed E-state index contributed by atoms with van der Waals surface area (Å²) in [6, 6.07) is 21.4. The average molecular weight is 904 g/mol. The Morgan fingerprint density at radius 3 is 0.935 bits per heavy atom. The lowest BCUT2D eigenvalue weighted by Gasteiger charge is -2.23. The normalized spacial score (nSPS) is 15.2. The molecule has 2 N–H and O–H groups in total. The molecule has 7 aromatic carbocycles. The highest BCUT2D eigenvalue weighted by Crippen LogP contribution is 2.52. The number of thioether (sulfide) groups is 2. The predicted octanol–water partition coefficient (Wildman–Crippen LogP) is 13.7. The molecular formula is C50H44Cl2N2O6S2. The molecule has 7 aromatic rings. The van der Waals surface area contributed by atoms with Gasteiger partial charge in [-0.15, -0.1) is 0 Å². The molecule has 0 saturated carbocycles. The van der Waals surface area contributed by atoms with Crippen LogP contribution in [0.4, 0.5) is 0 Å². The number of halogens is 2. The average Bonchev–Trinajstić information content (AvgIpc) is 3.79. The van der Waals surface area contributed by atoms with Gasteiger partial charge < -0.3 is 0 Å². The number of hydrogen-bond acceptors (Lipinski definition) is 8. The van der Waals surface area contributed by atoms with Crippen molar-refractivity contribution in [1.29, 1.82) is 0 Å². The number of aryl methyl sites for hydroxylation is 2. The van der Waals surface area contributed by atoms with Gasteiger partial charge >= 0.3 is 0 Å². The number of allylic oxidation sites excluding steroid dienone is 2. The first-order chi connectivity index (χ1) is 29.9. The van der Waals surface area contributed by atoms with Gasteiger partial charge in [0.05, 0.1) is 9.81 Å². The van der Waals surface area contributed by atoms with Crippen LogP contribution in [0.15, 0.2) is 92.4 Å². The highest BCUT2D eigenvalue weighted by atomic mass is 35.5. The Bertz CT molecular complexity index is 2790. The second-order valence-corrected chi connectivity index (χ2v) is 16.3. The zero-order valence-corrected chi connectivity index (χ0v) is 39.1. The molecule has 0 atom stereocenters. The van der Waals surface area contributed by atoms with E-state index in [1.54, 1.807) is 36.4 Å². The summed E-state index contributed by atoms with van der Waals surface area (Å²) in [5.74, 6) is -1.89. The van der Waals surface area contributed by atoms with E-state index in [0.717, 1.165) is 53.2 Å². The second kappa shape index (κ2) is 18.4. The monoisotopic (exact) mass is 902 g/mol. The molecule has 4 aliphatic rings. The first-order valence-corrected chi connectivity index (χ1v) is 23.0. The number of carbonyl (C=O) groups is 6. The van der Waals surface area contributed by atoms with Crippen molar-refractivity contribution < 1.29 is 28.8 Å². The first kappa shape index (κ1) is 46.0. The first-order valence-electron chi connectivity index (χ1n) is 20.6. The third-order valence-electron chi connectivity index (χ3n) is 10.3. The van der Waals surface area contributed by atoms with Gasteiger partial charge in [-0.3, -0.25) is 39.4 Å². The van der Waals surface area contributed by atoms with Gasteiger partial charge in [-0.1, -0.05) is 126 Å². The van der Waals surface area contributed by atoms with Crippen molar-refractivity contribution in [1.82, 2.24) is 10.6 Å². The van der Waals surface area contributed by atoms with Gasteiger partial charge in [0.15, 0.2) is 0 Å². The SMILES string of the molecule is CC.CC.CC.CC.Cc1cc(Cl)cc2c1S/C(=C1/Sc3c(C)cc(Cl)cc3C1=O)C2=O.O=C1NC(=O)c2ccc3c4ccc5c6c(ccc(c7ccc1c2c73)c64)C(=O)NC5=O. The summed E-state index contributed by atoms with van der Waals surface area (Å²) in [6.45, 7) is 19.8. The molecule has 8 nitrogen and oxygen atoms in total. The van der Waals surface area contributed by atoms with Crippen LogP contribution in [0, 0.1) is 13.8 Å². The number of imide groups is 2. The third kappa shape index (κ3) is 7.26. The molecule has 0 spiro atoms. The number of benzene rings is 7. The smallest absolute Gasteiger partial charge is 0.258 e. The van der Waals surface area contributed by atoms with Gasteiger partial charge in [-0.2, -0.15) is 0 Å². The maximum absolute atomic E-state index is 12.8. The fraction of sp³-hybridized carbons (Fsp3) is 0.200. The summed E-state index contributed by atoms with van der Waals surface area (Å²) in [5, 5.41) is 12.3. The molecule has 62 heavy (non-hydrogen) atoms. The predicted molar refractivity (Wildman–Crippen MR) is 256 cm³/mol. The van der Waals surface area contributed by atoms with E-state index in [2.05, 4.69) is 10.6 Å². The van der Waals surface area contributed by atoms with E-state index in [1.165, 1.54) is 23.5 Å². The molecular weight excluding hydrogens is 860 g/mol. The lowest BCUT2D eigenvalue weighted by atomic mass is 9.83. The van der Waals surface area contributed by atoms with E-state index in [-0.39, 0.29) is 11.6 Å². The fourth-order valence-electron chi connectivity index (χ4n) is 8.03. The Morgan fingerprint density at radius 1 is 0.387 bits per heavy atom. The Hall–Kier alpha value is -5.52. The van der Waals surface area contributed by atoms with Crippen LogP contribution in [0.3, 0.4) is 0 Å². The molecule has 0 radical (unpaired) electrons. The van der Waals surface area contributed by atoms with Gasteiger partial charge in [-0.25, -0.2) is 0 Å². The van der Waals surface area contributed by atoms with Crippen LogP contribution < -0.4 is 10.6 Å². The Labute approximate surface area is 378 Å². The fourth-order valence-corrected chi connectivity index (χ4v) is 11.0. The lowest BCUT2D eigenvalue weighted by molar-refractivity contribution is 0.0828. The van der Waals surface area contributed by atoms with Crippen LogP contribution in [0.2, 0.25) is 10.0 Å². The molecule has 0 aliphatic carbocycles. The maximum atomic E-state index is 12.8. The van der Waals surface area contributed by atoms with Gasteiger partial charge in [0.25, 0.3) is 23.6 Å². The number of ketones is 2. The van der Waals surface area contributed by atoms with Crippen molar-refractivity contribution in [2.45, 2.75) is 79.0 Å². The summed E-state index contributed by atoms with van der Waals surface area (Å²) in [6.07, 6.45) is 0. The number of fused-ring (bicyclic) bond motifs is 4. The third-order valence-corrected chi connectivity index (χ3v) is 13.6. The van der Waals surface area contributed by atoms with Crippen molar-refractivity contribution in [2.75, 3.05) is 0 Å². The molecule has 0 bridgehead atoms. The van der Waals surface area contributed by atoms with Crippen LogP contribution in [0.1, 0.15) is 129 Å². The highest BCUT2D eigenvalue weighted by molar-refractivity contribution is 8.08. The second-order valence-electron chi connectivity index (χ2n) is 13.4. The molecule has 11 rings (SSSR count). The number of carbonyl (C=O) groups excluding carboxylic acids is 6. The van der Waals surface area contributed by atoms with Crippen molar-refractivity contribution in [3.05, 3.63) is 137 Å². The molecule has 0 unspecified atom stereocenters. The molecule has 4 aliphatic heterocycles. The minimum atomic E-state index is -0.408. The van der Waals surface area contributed by atoms with E-state index in [9.17, 15) is 28.8 Å². The zero-order chi connectivity index (χ0) is 45.5. The van der Waals surface area contributed by atoms with E-state index in [0.29, 0.717) is 64.0 Å². The topological polar surface area (TPSA) is 126 Å². The molecule has 316 valence electrons. The largest absolute Gasteiger partial charge is 0.288 e. The van der Waals surface area contributed by atoms with E-state index in [1.807, 2.05) is 106 Å². The van der Waals surface area contributed by atoms with Gasteiger partial charge in [0, 0.05) is 64.0 Å². The molecule has 4 heterocycles. The summed E-state index contributed by atoms with van der Waals surface area (Å²) in [5.41, 5.74) is 4.90. The molecule has 12 heteroatoms. The molecule has 0 fully saturated rings. The standard InChI is InChI=1S/C24H10N2O4.C18H10Cl2O2S2.4C2H6/c27-21-13-5-1-9-10-2-6-15-20-16(24(30)26-23(15)29)8-4-12(18(10)20)11-3-7-14(22(28)25-21)19(13)17(9)11;1-7-3-9(19)5-11-13(21)17(23-15(7)11)18-14(22)12-6-10(20)4-8(2)16(12)24-18;4*1-2/h1-8H,(H,25,27,28)(H,26,29,30);3-6H,1-2H3;4*1-2H3/b;18-17+;;;;. The number of hydrogen-bond donors (Lipinski definition) is 2. The number of nitrogens with one attached hydrogen (secondary N) is 2. The van der Waals surface area contributed by atoms with Gasteiger partial charge in [0.1, 0.15) is 0 Å².